The van der Waals surface area contributed by atoms with E-state index in [0.29, 0.717) is 0 Å². The molecule has 0 aliphatic heterocycles. The van der Waals surface area contributed by atoms with Gasteiger partial charge in [-0.25, -0.2) is 9.78 Å². The number of halogens is 4. The fourth-order valence-corrected chi connectivity index (χ4v) is 1.35. The van der Waals surface area contributed by atoms with E-state index < -0.39 is 29.7 Å². The predicted octanol–water partition coefficient (Wildman–Crippen LogP) is -0.251. The maximum atomic E-state index is 12.7. The molecule has 0 unspecified atom stereocenters. The molecule has 0 spiro atoms. The van der Waals surface area contributed by atoms with E-state index in [-0.39, 0.29) is 56.5 Å². The summed E-state index contributed by atoms with van der Waals surface area (Å²) < 4.78 is 43.1. The molecular weight excluding hydrogens is 308 g/mol. The minimum absolute atomic E-state index is 0. The van der Waals surface area contributed by atoms with Crippen molar-refractivity contribution in [3.8, 4) is 0 Å². The molecule has 0 aliphatic carbocycles. The Labute approximate surface area is 156 Å². The number of aromatic nitrogens is 1. The molecule has 0 amide bonds. The van der Waals surface area contributed by atoms with Crippen LogP contribution in [0.5, 0.6) is 0 Å². The Morgan fingerprint density at radius 3 is 2.26 bits per heavy atom. The molecule has 0 aliphatic rings. The second kappa shape index (κ2) is 6.91. The Bertz CT molecular complexity index is 477. The van der Waals surface area contributed by atoms with Gasteiger partial charge in [0.15, 0.2) is 0 Å². The molecule has 0 saturated heterocycles. The summed E-state index contributed by atoms with van der Waals surface area (Å²) in [6.07, 6.45) is 0. The number of nitrogens with zero attached hydrogens (tertiary/aromatic N) is 1. The molecule has 0 radical (unpaired) electrons. The minimum atomic E-state index is -5.35. The third-order valence-electron chi connectivity index (χ3n) is 1.84. The van der Waals surface area contributed by atoms with Gasteiger partial charge in [0.2, 0.25) is 0 Å². The Balaban J connectivity index is 0.00000324. The van der Waals surface area contributed by atoms with Gasteiger partial charge in [-0.05, 0) is 26.8 Å². The first-order valence-corrected chi connectivity index (χ1v) is 5.48. The second-order valence-corrected chi connectivity index (χ2v) is 5.04. The van der Waals surface area contributed by atoms with E-state index in [1.807, 2.05) is 0 Å². The Hall–Kier alpha value is 0.401. The third kappa shape index (κ3) is 6.14. The van der Waals surface area contributed by atoms with Gasteiger partial charge >= 0.3 is 64.3 Å². The van der Waals surface area contributed by atoms with Crippen LogP contribution in [0.4, 0.5) is 12.9 Å². The maximum Gasteiger partial charge on any atom is 1.00 e. The number of carbonyl (C=O) groups is 1. The summed E-state index contributed by atoms with van der Waals surface area (Å²) in [5.41, 5.74) is -2.81. The summed E-state index contributed by atoms with van der Waals surface area (Å²) >= 11 is 5.50. The quantitative estimate of drug-likeness (QED) is 0.429. The maximum absolute atomic E-state index is 12.7. The van der Waals surface area contributed by atoms with Crippen molar-refractivity contribution in [1.82, 2.24) is 4.98 Å². The first-order valence-electron chi connectivity index (χ1n) is 5.10. The van der Waals surface area contributed by atoms with Crippen molar-refractivity contribution in [2.75, 3.05) is 0 Å². The molecule has 1 aromatic heterocycles. The SMILES string of the molecule is CC(C)(C)OC(=O)c1nc(Cl)ccc1[B-](F)(F)F.[K+]. The molecule has 0 aromatic carbocycles. The first kappa shape index (κ1) is 19.4. The average Bonchev–Trinajstić information content (AvgIpc) is 2.12. The van der Waals surface area contributed by atoms with Gasteiger partial charge in [0, 0.05) is 0 Å². The van der Waals surface area contributed by atoms with E-state index in [1.54, 1.807) is 20.8 Å². The third-order valence-corrected chi connectivity index (χ3v) is 2.05. The van der Waals surface area contributed by atoms with Gasteiger partial charge in [0.1, 0.15) is 16.4 Å². The standard InChI is InChI=1S/C10H11BClF3NO2.K/c1-10(2,3)18-9(17)8-6(11(13,14)15)4-5-7(12)16-8;/h4-5H,1-3H3;/q-1;+1. The van der Waals surface area contributed by atoms with Crippen LogP contribution in [-0.2, 0) is 4.74 Å². The van der Waals surface area contributed by atoms with Crippen LogP contribution in [0.15, 0.2) is 12.1 Å². The number of rotatable bonds is 2. The number of carbonyl (C=O) groups excluding carboxylic acids is 1. The molecule has 0 atom stereocenters. The van der Waals surface area contributed by atoms with Gasteiger partial charge in [-0.15, -0.1) is 0 Å². The zero-order chi connectivity index (χ0) is 14.1. The summed E-state index contributed by atoms with van der Waals surface area (Å²) in [5.74, 6) is -1.14. The van der Waals surface area contributed by atoms with Crippen molar-refractivity contribution in [2.45, 2.75) is 26.4 Å². The number of hydrogen-bond donors (Lipinski definition) is 0. The molecule has 0 saturated carbocycles. The van der Waals surface area contributed by atoms with Crippen molar-refractivity contribution >= 4 is 30.0 Å². The molecule has 0 N–H and O–H groups in total. The van der Waals surface area contributed by atoms with Gasteiger partial charge in [0.25, 0.3) is 0 Å². The van der Waals surface area contributed by atoms with E-state index in [0.717, 1.165) is 12.1 Å². The van der Waals surface area contributed by atoms with Gasteiger partial charge in [-0.2, -0.15) is 0 Å². The molecule has 19 heavy (non-hydrogen) atoms. The van der Waals surface area contributed by atoms with Crippen LogP contribution < -0.4 is 56.8 Å². The van der Waals surface area contributed by atoms with Crippen LogP contribution in [0.1, 0.15) is 31.3 Å². The van der Waals surface area contributed by atoms with E-state index >= 15 is 0 Å². The van der Waals surface area contributed by atoms with E-state index in [2.05, 4.69) is 4.98 Å². The van der Waals surface area contributed by atoms with Crippen molar-refractivity contribution in [1.29, 1.82) is 0 Å². The van der Waals surface area contributed by atoms with Crippen LogP contribution in [-0.4, -0.2) is 23.5 Å². The predicted molar refractivity (Wildman–Crippen MR) is 63.1 cm³/mol. The zero-order valence-corrected chi connectivity index (χ0v) is 14.9. The average molecular weight is 320 g/mol. The van der Waals surface area contributed by atoms with Crippen LogP contribution in [0.25, 0.3) is 0 Å². The number of pyridine rings is 1. The second-order valence-electron chi connectivity index (χ2n) is 4.65. The number of esters is 1. The molecule has 1 rings (SSSR count). The number of hydrogen-bond acceptors (Lipinski definition) is 3. The van der Waals surface area contributed by atoms with Gasteiger partial charge in [0.05, 0.1) is 0 Å². The largest absolute Gasteiger partial charge is 1.00 e. The Kier molecular flexibility index (Phi) is 7.05. The van der Waals surface area contributed by atoms with Crippen LogP contribution in [0.2, 0.25) is 5.15 Å². The Morgan fingerprint density at radius 1 is 1.32 bits per heavy atom. The summed E-state index contributed by atoms with van der Waals surface area (Å²) in [6.45, 7) is -0.704. The minimum Gasteiger partial charge on any atom is -0.455 e. The molecule has 0 bridgehead atoms. The summed E-state index contributed by atoms with van der Waals surface area (Å²) in [6, 6.07) is 1.72. The summed E-state index contributed by atoms with van der Waals surface area (Å²) in [7, 11) is 0. The fraction of sp³-hybridized carbons (Fsp3) is 0.400. The van der Waals surface area contributed by atoms with Crippen molar-refractivity contribution < 1.29 is 73.9 Å². The van der Waals surface area contributed by atoms with Crippen LogP contribution >= 0.6 is 11.6 Å². The molecule has 1 heterocycles. The molecule has 9 heteroatoms. The van der Waals surface area contributed by atoms with Crippen molar-refractivity contribution in [2.24, 2.45) is 0 Å². The monoisotopic (exact) mass is 319 g/mol. The van der Waals surface area contributed by atoms with Gasteiger partial charge in [-0.3, -0.25) is 0 Å². The normalized spacial score (nSPS) is 11.7. The van der Waals surface area contributed by atoms with Crippen molar-refractivity contribution in [3.63, 3.8) is 0 Å². The first-order chi connectivity index (χ1) is 8.00. The Morgan fingerprint density at radius 2 is 1.84 bits per heavy atom. The summed E-state index contributed by atoms with van der Waals surface area (Å²) in [4.78, 5) is 15.1. The number of ether oxygens (including phenoxy) is 1. The van der Waals surface area contributed by atoms with Gasteiger partial charge in [-0.1, -0.05) is 23.1 Å². The fourth-order valence-electron chi connectivity index (χ4n) is 1.20. The van der Waals surface area contributed by atoms with E-state index in [1.165, 1.54) is 0 Å². The van der Waals surface area contributed by atoms with Crippen LogP contribution in [0, 0.1) is 0 Å². The molecule has 0 fully saturated rings. The van der Waals surface area contributed by atoms with Gasteiger partial charge < -0.3 is 17.7 Å². The van der Waals surface area contributed by atoms with E-state index in [4.69, 9.17) is 16.3 Å². The molecular formula is C10H11BClF3KNO2. The molecule has 1 aromatic rings. The topological polar surface area (TPSA) is 39.2 Å². The summed E-state index contributed by atoms with van der Waals surface area (Å²) in [5, 5.41) is -0.195. The smallest absolute Gasteiger partial charge is 0.455 e. The van der Waals surface area contributed by atoms with Crippen molar-refractivity contribution in [3.05, 3.63) is 23.0 Å². The molecule has 3 nitrogen and oxygen atoms in total. The van der Waals surface area contributed by atoms with E-state index in [9.17, 15) is 17.7 Å². The molecule has 100 valence electrons. The zero-order valence-electron chi connectivity index (χ0n) is 11.0. The van der Waals surface area contributed by atoms with Crippen LogP contribution in [0.3, 0.4) is 0 Å².